The summed E-state index contributed by atoms with van der Waals surface area (Å²) in [6, 6.07) is 14.8. The number of carbonyl (C=O) groups is 2. The van der Waals surface area contributed by atoms with Crippen LogP contribution in [-0.4, -0.2) is 59.9 Å². The molecule has 0 radical (unpaired) electrons. The van der Waals surface area contributed by atoms with E-state index in [1.54, 1.807) is 7.05 Å². The first-order valence-electron chi connectivity index (χ1n) is 13.6. The van der Waals surface area contributed by atoms with Gasteiger partial charge in [-0.15, -0.1) is 0 Å². The average Bonchev–Trinajstić information content (AvgIpc) is 3.13. The van der Waals surface area contributed by atoms with Gasteiger partial charge in [0, 0.05) is 31.2 Å². The van der Waals surface area contributed by atoms with Crippen molar-refractivity contribution < 1.29 is 14.3 Å². The molecule has 1 atom stereocenters. The van der Waals surface area contributed by atoms with Crippen molar-refractivity contribution in [1.82, 2.24) is 14.7 Å². The molecule has 2 aromatic rings. The fourth-order valence-electron chi connectivity index (χ4n) is 5.74. The Morgan fingerprint density at radius 3 is 2.43 bits per heavy atom. The van der Waals surface area contributed by atoms with E-state index in [9.17, 15) is 9.59 Å². The molecule has 3 amide bonds. The van der Waals surface area contributed by atoms with Crippen LogP contribution in [0.3, 0.4) is 0 Å². The summed E-state index contributed by atoms with van der Waals surface area (Å²) in [6.45, 7) is 6.99. The molecule has 0 bridgehead atoms. The number of benzene rings is 2. The Morgan fingerprint density at radius 1 is 1.08 bits per heavy atom. The second kappa shape index (κ2) is 12.8. The van der Waals surface area contributed by atoms with Gasteiger partial charge in [0.05, 0.1) is 6.54 Å². The summed E-state index contributed by atoms with van der Waals surface area (Å²) >= 11 is 6.19. The van der Waals surface area contributed by atoms with Gasteiger partial charge in [0.15, 0.2) is 0 Å². The maximum atomic E-state index is 12.1. The summed E-state index contributed by atoms with van der Waals surface area (Å²) in [5, 5.41) is 0.772. The SMILES string of the molecule is CCC(c1ccc(Cl)cc1)N(Cc1ccc(OCCN2C(=O)CN(C)C2=O)c(C)c1)CC1CCCCC1. The number of halogens is 1. The van der Waals surface area contributed by atoms with Crippen LogP contribution in [0.15, 0.2) is 42.5 Å². The first kappa shape index (κ1) is 27.5. The number of hydrogen-bond acceptors (Lipinski definition) is 4. The van der Waals surface area contributed by atoms with E-state index < -0.39 is 0 Å². The molecule has 37 heavy (non-hydrogen) atoms. The highest BCUT2D eigenvalue weighted by molar-refractivity contribution is 6.30. The van der Waals surface area contributed by atoms with Crippen molar-refractivity contribution in [3.05, 3.63) is 64.2 Å². The van der Waals surface area contributed by atoms with Gasteiger partial charge in [0.25, 0.3) is 0 Å². The third-order valence-electron chi connectivity index (χ3n) is 7.73. The molecule has 7 heteroatoms. The van der Waals surface area contributed by atoms with Crippen molar-refractivity contribution in [2.75, 3.05) is 33.3 Å². The Kier molecular flexibility index (Phi) is 9.49. The predicted octanol–water partition coefficient (Wildman–Crippen LogP) is 6.45. The molecule has 0 spiro atoms. The lowest BCUT2D eigenvalue weighted by molar-refractivity contribution is -0.125. The van der Waals surface area contributed by atoms with Crippen molar-refractivity contribution in [2.24, 2.45) is 5.92 Å². The fraction of sp³-hybridized carbons (Fsp3) is 0.533. The summed E-state index contributed by atoms with van der Waals surface area (Å²) in [5.74, 6) is 1.36. The molecule has 1 aliphatic carbocycles. The van der Waals surface area contributed by atoms with Crippen LogP contribution in [0.5, 0.6) is 5.75 Å². The fourth-order valence-corrected chi connectivity index (χ4v) is 5.86. The minimum atomic E-state index is -0.259. The topological polar surface area (TPSA) is 53.1 Å². The zero-order valence-electron chi connectivity index (χ0n) is 22.4. The molecule has 4 rings (SSSR count). The number of imide groups is 1. The molecule has 2 aromatic carbocycles. The zero-order chi connectivity index (χ0) is 26.4. The quantitative estimate of drug-likeness (QED) is 0.316. The highest BCUT2D eigenvalue weighted by Gasteiger charge is 2.33. The molecule has 1 unspecified atom stereocenters. The van der Waals surface area contributed by atoms with Crippen LogP contribution in [0.1, 0.15) is 68.2 Å². The summed E-state index contributed by atoms with van der Waals surface area (Å²) in [4.78, 5) is 29.4. The maximum Gasteiger partial charge on any atom is 0.327 e. The lowest BCUT2D eigenvalue weighted by Gasteiger charge is -2.36. The monoisotopic (exact) mass is 525 g/mol. The second-order valence-corrected chi connectivity index (χ2v) is 11.0. The van der Waals surface area contributed by atoms with Crippen LogP contribution in [0.4, 0.5) is 4.79 Å². The van der Waals surface area contributed by atoms with E-state index in [-0.39, 0.29) is 31.6 Å². The number of urea groups is 1. The smallest absolute Gasteiger partial charge is 0.327 e. The maximum absolute atomic E-state index is 12.1. The van der Waals surface area contributed by atoms with Gasteiger partial charge >= 0.3 is 6.03 Å². The Bertz CT molecular complexity index is 1070. The number of rotatable bonds is 11. The Hall–Kier alpha value is -2.57. The minimum Gasteiger partial charge on any atom is -0.491 e. The second-order valence-electron chi connectivity index (χ2n) is 10.5. The highest BCUT2D eigenvalue weighted by atomic mass is 35.5. The van der Waals surface area contributed by atoms with E-state index in [1.165, 1.54) is 53.0 Å². The first-order valence-corrected chi connectivity index (χ1v) is 14.0. The molecule has 1 aliphatic heterocycles. The molecule has 2 fully saturated rings. The standard InChI is InChI=1S/C30H40ClN3O3/c1-4-27(25-11-13-26(31)14-12-25)33(19-23-8-6-5-7-9-23)20-24-10-15-28(22(2)18-24)37-17-16-34-29(35)21-32(3)30(34)36/h10-15,18,23,27H,4-9,16-17,19-21H2,1-3H3. The zero-order valence-corrected chi connectivity index (χ0v) is 23.2. The van der Waals surface area contributed by atoms with E-state index >= 15 is 0 Å². The number of likely N-dealkylation sites (N-methyl/N-ethyl adjacent to an activating group) is 1. The van der Waals surface area contributed by atoms with Crippen molar-refractivity contribution >= 4 is 23.5 Å². The van der Waals surface area contributed by atoms with Crippen molar-refractivity contribution in [3.8, 4) is 5.75 Å². The highest BCUT2D eigenvalue weighted by Crippen LogP contribution is 2.32. The van der Waals surface area contributed by atoms with Gasteiger partial charge in [0.2, 0.25) is 5.91 Å². The van der Waals surface area contributed by atoms with Crippen molar-refractivity contribution in [3.63, 3.8) is 0 Å². The molecule has 1 saturated heterocycles. The molecule has 1 heterocycles. The molecule has 2 aliphatic rings. The Balaban J connectivity index is 1.44. The molecular formula is C30H40ClN3O3. The van der Waals surface area contributed by atoms with E-state index in [1.807, 2.05) is 18.2 Å². The molecule has 1 saturated carbocycles. The summed E-state index contributed by atoms with van der Waals surface area (Å²) < 4.78 is 5.97. The predicted molar refractivity (Wildman–Crippen MR) is 148 cm³/mol. The first-order chi connectivity index (χ1) is 17.9. The van der Waals surface area contributed by atoms with Gasteiger partial charge < -0.3 is 9.64 Å². The van der Waals surface area contributed by atoms with Crippen molar-refractivity contribution in [2.45, 2.75) is 65.0 Å². The van der Waals surface area contributed by atoms with Crippen LogP contribution in [0.25, 0.3) is 0 Å². The van der Waals surface area contributed by atoms with Crippen LogP contribution < -0.4 is 4.74 Å². The van der Waals surface area contributed by atoms with E-state index in [2.05, 4.69) is 43.0 Å². The summed E-state index contributed by atoms with van der Waals surface area (Å²) in [6.07, 6.45) is 7.72. The van der Waals surface area contributed by atoms with Gasteiger partial charge in [-0.25, -0.2) is 4.79 Å². The number of aryl methyl sites for hydroxylation is 1. The van der Waals surface area contributed by atoms with E-state index in [0.29, 0.717) is 6.04 Å². The van der Waals surface area contributed by atoms with Gasteiger partial charge in [0.1, 0.15) is 18.9 Å². The van der Waals surface area contributed by atoms with Gasteiger partial charge in [-0.3, -0.25) is 14.6 Å². The van der Waals surface area contributed by atoms with Crippen LogP contribution in [-0.2, 0) is 11.3 Å². The average molecular weight is 526 g/mol. The largest absolute Gasteiger partial charge is 0.491 e. The number of amides is 3. The minimum absolute atomic E-state index is 0.138. The number of hydrogen-bond donors (Lipinski definition) is 0. The molecule has 0 aromatic heterocycles. The summed E-state index contributed by atoms with van der Waals surface area (Å²) in [7, 11) is 1.64. The molecular weight excluding hydrogens is 486 g/mol. The van der Waals surface area contributed by atoms with Gasteiger partial charge in [-0.05, 0) is 67.0 Å². The normalized spacial score (nSPS) is 17.6. The van der Waals surface area contributed by atoms with Crippen LogP contribution in [0, 0.1) is 12.8 Å². The molecule has 0 N–H and O–H groups in total. The summed E-state index contributed by atoms with van der Waals surface area (Å²) in [5.41, 5.74) is 3.64. The number of carbonyl (C=O) groups excluding carboxylic acids is 2. The van der Waals surface area contributed by atoms with Crippen LogP contribution >= 0.6 is 11.6 Å². The van der Waals surface area contributed by atoms with E-state index in [4.69, 9.17) is 16.3 Å². The van der Waals surface area contributed by atoms with Gasteiger partial charge in [-0.1, -0.05) is 62.1 Å². The lowest BCUT2D eigenvalue weighted by Crippen LogP contribution is -2.35. The van der Waals surface area contributed by atoms with Gasteiger partial charge in [-0.2, -0.15) is 0 Å². The number of nitrogens with zero attached hydrogens (tertiary/aromatic N) is 3. The Morgan fingerprint density at radius 2 is 1.81 bits per heavy atom. The van der Waals surface area contributed by atoms with Crippen molar-refractivity contribution in [1.29, 1.82) is 0 Å². The Labute approximate surface area is 226 Å². The molecule has 200 valence electrons. The van der Waals surface area contributed by atoms with E-state index in [0.717, 1.165) is 41.8 Å². The third kappa shape index (κ3) is 7.05. The lowest BCUT2D eigenvalue weighted by atomic mass is 9.88. The molecule has 6 nitrogen and oxygen atoms in total. The third-order valence-corrected chi connectivity index (χ3v) is 7.98. The number of ether oxygens (including phenoxy) is 1. The van der Waals surface area contributed by atoms with Crippen LogP contribution in [0.2, 0.25) is 5.02 Å².